The second-order valence-corrected chi connectivity index (χ2v) is 8.86. The predicted molar refractivity (Wildman–Crippen MR) is 115 cm³/mol. The Bertz CT molecular complexity index is 716. The predicted octanol–water partition coefficient (Wildman–Crippen LogP) is 4.07. The molecule has 1 aromatic rings. The van der Waals surface area contributed by atoms with Crippen LogP contribution in [0.25, 0.3) is 0 Å². The van der Waals surface area contributed by atoms with Gasteiger partial charge in [-0.3, -0.25) is 9.59 Å². The normalized spacial score (nSPS) is 10.6. The fourth-order valence-corrected chi connectivity index (χ4v) is 3.83. The first-order chi connectivity index (χ1) is 14.4. The first-order valence-corrected chi connectivity index (χ1v) is 11.7. The van der Waals surface area contributed by atoms with Gasteiger partial charge in [-0.15, -0.1) is 0 Å². The Hall–Kier alpha value is -2.08. The Morgan fingerprint density at radius 3 is 2.23 bits per heavy atom. The molecule has 0 atom stereocenters. The Morgan fingerprint density at radius 1 is 1.06 bits per heavy atom. The minimum Gasteiger partial charge on any atom is -0.493 e. The van der Waals surface area contributed by atoms with Gasteiger partial charge in [-0.25, -0.2) is 4.79 Å². The molecule has 31 heavy (non-hydrogen) atoms. The molecule has 1 rings (SSSR count). The van der Waals surface area contributed by atoms with Crippen LogP contribution in [0.1, 0.15) is 30.4 Å². The lowest BCUT2D eigenvalue weighted by Crippen LogP contribution is -2.25. The number of rotatable bonds is 12. The summed E-state index contributed by atoms with van der Waals surface area (Å²) in [6.45, 7) is 5.18. The number of ether oxygens (including phenoxy) is 1. The summed E-state index contributed by atoms with van der Waals surface area (Å²) in [5.41, 5.74) is 2.31. The highest BCUT2D eigenvalue weighted by Crippen LogP contribution is 2.21. The average molecular weight is 486 g/mol. The van der Waals surface area contributed by atoms with Gasteiger partial charge in [0, 0.05) is 24.5 Å². The number of carbonyl (C=O) groups excluding carboxylic acids is 1. The van der Waals surface area contributed by atoms with Gasteiger partial charge in [0.1, 0.15) is 5.75 Å². The number of carbonyl (C=O) groups is 3. The highest BCUT2D eigenvalue weighted by Gasteiger charge is 2.38. The molecule has 12 heteroatoms. The van der Waals surface area contributed by atoms with Crippen LogP contribution in [0.5, 0.6) is 5.75 Å². The molecular formula is C19H26F3NO6S2. The second-order valence-electron chi connectivity index (χ2n) is 6.16. The third-order valence-electron chi connectivity index (χ3n) is 3.37. The van der Waals surface area contributed by atoms with E-state index in [9.17, 15) is 22.8 Å². The van der Waals surface area contributed by atoms with Crippen LogP contribution in [0.4, 0.5) is 13.2 Å². The van der Waals surface area contributed by atoms with Gasteiger partial charge in [-0.2, -0.15) is 13.2 Å². The summed E-state index contributed by atoms with van der Waals surface area (Å²) in [5.74, 6) is -1.28. The molecule has 0 fully saturated rings. The third kappa shape index (κ3) is 16.3. The van der Waals surface area contributed by atoms with Crippen molar-refractivity contribution < 1.29 is 42.5 Å². The first-order valence-electron chi connectivity index (χ1n) is 9.16. The number of benzene rings is 1. The average Bonchev–Trinajstić information content (AvgIpc) is 2.65. The van der Waals surface area contributed by atoms with Crippen LogP contribution in [-0.4, -0.2) is 58.9 Å². The zero-order valence-corrected chi connectivity index (χ0v) is 18.8. The maximum Gasteiger partial charge on any atom is 0.490 e. The SMILES string of the molecule is Cc1ccc(OCCCC(=O)NCCSSCCC(=O)O)c(C)c1.O=C(O)C(F)(F)F. The van der Waals surface area contributed by atoms with Crippen molar-refractivity contribution in [2.24, 2.45) is 0 Å². The van der Waals surface area contributed by atoms with Crippen molar-refractivity contribution in [2.45, 2.75) is 39.3 Å². The molecule has 1 amide bonds. The first kappa shape index (κ1) is 28.9. The molecule has 0 aromatic heterocycles. The van der Waals surface area contributed by atoms with Crippen molar-refractivity contribution >= 4 is 39.4 Å². The molecule has 0 aliphatic heterocycles. The molecule has 0 heterocycles. The number of halogens is 3. The molecule has 0 saturated carbocycles. The van der Waals surface area contributed by atoms with Crippen LogP contribution in [-0.2, 0) is 14.4 Å². The zero-order valence-electron chi connectivity index (χ0n) is 17.2. The highest BCUT2D eigenvalue weighted by atomic mass is 33.1. The Labute approximate surface area is 186 Å². The van der Waals surface area contributed by atoms with Crippen molar-refractivity contribution in [3.63, 3.8) is 0 Å². The molecule has 0 unspecified atom stereocenters. The molecule has 176 valence electrons. The van der Waals surface area contributed by atoms with Crippen LogP contribution in [0.15, 0.2) is 18.2 Å². The van der Waals surface area contributed by atoms with Crippen molar-refractivity contribution in [2.75, 3.05) is 24.7 Å². The van der Waals surface area contributed by atoms with Gasteiger partial charge in [0.05, 0.1) is 13.0 Å². The lowest BCUT2D eigenvalue weighted by molar-refractivity contribution is -0.192. The molecule has 0 radical (unpaired) electrons. The van der Waals surface area contributed by atoms with Crippen LogP contribution < -0.4 is 10.1 Å². The third-order valence-corrected chi connectivity index (χ3v) is 5.78. The van der Waals surface area contributed by atoms with Gasteiger partial charge in [-0.05, 0) is 31.9 Å². The molecule has 7 nitrogen and oxygen atoms in total. The van der Waals surface area contributed by atoms with Crippen LogP contribution in [0.3, 0.4) is 0 Å². The molecule has 0 aliphatic rings. The Balaban J connectivity index is 0.00000110. The van der Waals surface area contributed by atoms with Gasteiger partial charge in [0.2, 0.25) is 5.91 Å². The zero-order chi connectivity index (χ0) is 23.9. The number of carboxylic acids is 2. The number of aliphatic carboxylic acids is 2. The van der Waals surface area contributed by atoms with Crippen molar-refractivity contribution in [3.8, 4) is 5.75 Å². The van der Waals surface area contributed by atoms with Crippen molar-refractivity contribution in [3.05, 3.63) is 29.3 Å². The Kier molecular flexibility index (Phi) is 14.6. The fourth-order valence-electron chi connectivity index (χ4n) is 1.94. The molecule has 0 bridgehead atoms. The van der Waals surface area contributed by atoms with E-state index in [2.05, 4.69) is 11.4 Å². The van der Waals surface area contributed by atoms with E-state index in [1.807, 2.05) is 26.0 Å². The molecule has 0 saturated heterocycles. The minimum atomic E-state index is -5.08. The van der Waals surface area contributed by atoms with E-state index in [1.54, 1.807) is 10.8 Å². The van der Waals surface area contributed by atoms with E-state index in [0.717, 1.165) is 17.1 Å². The molecular weight excluding hydrogens is 459 g/mol. The van der Waals surface area contributed by atoms with E-state index in [4.69, 9.17) is 19.7 Å². The van der Waals surface area contributed by atoms with Gasteiger partial charge < -0.3 is 20.3 Å². The van der Waals surface area contributed by atoms with Gasteiger partial charge in [0.25, 0.3) is 0 Å². The topological polar surface area (TPSA) is 113 Å². The molecule has 0 spiro atoms. The molecule has 1 aromatic carbocycles. The summed E-state index contributed by atoms with van der Waals surface area (Å²) in [7, 11) is 3.10. The van der Waals surface area contributed by atoms with E-state index in [-0.39, 0.29) is 12.3 Å². The summed E-state index contributed by atoms with van der Waals surface area (Å²) < 4.78 is 37.4. The number of hydrogen-bond donors (Lipinski definition) is 3. The largest absolute Gasteiger partial charge is 0.493 e. The maximum atomic E-state index is 11.7. The number of aryl methyl sites for hydroxylation is 2. The van der Waals surface area contributed by atoms with Gasteiger partial charge in [-0.1, -0.05) is 39.3 Å². The number of alkyl halides is 3. The summed E-state index contributed by atoms with van der Waals surface area (Å²) in [4.78, 5) is 30.9. The van der Waals surface area contributed by atoms with Crippen LogP contribution >= 0.6 is 21.6 Å². The lowest BCUT2D eigenvalue weighted by Gasteiger charge is -2.10. The lowest BCUT2D eigenvalue weighted by atomic mass is 10.1. The second kappa shape index (κ2) is 15.7. The van der Waals surface area contributed by atoms with E-state index in [0.29, 0.717) is 31.7 Å². The quantitative estimate of drug-likeness (QED) is 0.300. The summed E-state index contributed by atoms with van der Waals surface area (Å²) in [6, 6.07) is 6.05. The van der Waals surface area contributed by atoms with E-state index < -0.39 is 18.1 Å². The number of nitrogens with one attached hydrogen (secondary N) is 1. The monoisotopic (exact) mass is 485 g/mol. The van der Waals surface area contributed by atoms with Crippen LogP contribution in [0, 0.1) is 13.8 Å². The number of hydrogen-bond acceptors (Lipinski definition) is 6. The number of carboxylic acid groups (broad SMARTS) is 2. The van der Waals surface area contributed by atoms with Gasteiger partial charge in [0.15, 0.2) is 0 Å². The fraction of sp³-hybridized carbons (Fsp3) is 0.526. The standard InChI is InChI=1S/C17H25NO4S2.C2HF3O2/c1-13-5-6-15(14(2)12-13)22-9-3-4-16(19)18-8-11-24-23-10-7-17(20)21;3-2(4,5)1(6)7/h5-6,12H,3-4,7-11H2,1-2H3,(H,18,19)(H,20,21);(H,6,7). The van der Waals surface area contributed by atoms with Crippen molar-refractivity contribution in [1.82, 2.24) is 5.32 Å². The van der Waals surface area contributed by atoms with Crippen LogP contribution in [0.2, 0.25) is 0 Å². The van der Waals surface area contributed by atoms with Crippen molar-refractivity contribution in [1.29, 1.82) is 0 Å². The van der Waals surface area contributed by atoms with Gasteiger partial charge >= 0.3 is 18.1 Å². The summed E-state index contributed by atoms with van der Waals surface area (Å²) in [6.07, 6.45) is -3.79. The summed E-state index contributed by atoms with van der Waals surface area (Å²) >= 11 is 0. The highest BCUT2D eigenvalue weighted by molar-refractivity contribution is 8.76. The molecule has 0 aliphatic carbocycles. The maximum absolute atomic E-state index is 11.7. The number of amides is 1. The van der Waals surface area contributed by atoms with E-state index >= 15 is 0 Å². The summed E-state index contributed by atoms with van der Waals surface area (Å²) in [5, 5.41) is 18.5. The molecule has 3 N–H and O–H groups in total. The minimum absolute atomic E-state index is 0.0235. The Morgan fingerprint density at radius 2 is 1.68 bits per heavy atom. The van der Waals surface area contributed by atoms with E-state index in [1.165, 1.54) is 16.4 Å². The smallest absolute Gasteiger partial charge is 0.490 e.